The molecule has 1 aliphatic carbocycles. The van der Waals surface area contributed by atoms with E-state index in [9.17, 15) is 10.2 Å². The number of β-amino-alcohol motifs (C(OH)–C–C–N with tert-alkyl or cyclic N) is 1. The molecule has 2 bridgehead atoms. The van der Waals surface area contributed by atoms with E-state index >= 15 is 0 Å². The van der Waals surface area contributed by atoms with E-state index in [4.69, 9.17) is 0 Å². The zero-order chi connectivity index (χ0) is 17.6. The van der Waals surface area contributed by atoms with Gasteiger partial charge < -0.3 is 10.2 Å². The summed E-state index contributed by atoms with van der Waals surface area (Å²) < 4.78 is 0. The lowest BCUT2D eigenvalue weighted by molar-refractivity contribution is 0.000426. The molecule has 2 aromatic carbocycles. The van der Waals surface area contributed by atoms with Crippen molar-refractivity contribution in [3.63, 3.8) is 0 Å². The Morgan fingerprint density at radius 3 is 2.72 bits per heavy atom. The average Bonchev–Trinajstić information content (AvgIpc) is 2.62. The summed E-state index contributed by atoms with van der Waals surface area (Å²) in [5.74, 6) is 0.867. The van der Waals surface area contributed by atoms with E-state index in [0.717, 1.165) is 24.9 Å². The Labute approximate surface area is 149 Å². The molecule has 2 aliphatic rings. The number of benzene rings is 2. The largest absolute Gasteiger partial charge is 0.508 e. The molecule has 1 fully saturated rings. The van der Waals surface area contributed by atoms with Crippen molar-refractivity contribution in [2.45, 2.75) is 44.2 Å². The molecule has 0 spiro atoms. The number of hydrogen-bond acceptors (Lipinski definition) is 3. The fourth-order valence-electron chi connectivity index (χ4n) is 4.92. The van der Waals surface area contributed by atoms with Crippen LogP contribution >= 0.6 is 0 Å². The third kappa shape index (κ3) is 2.76. The van der Waals surface area contributed by atoms with E-state index in [2.05, 4.69) is 24.8 Å². The number of phenols is 1. The second-order valence-corrected chi connectivity index (χ2v) is 7.99. The first kappa shape index (κ1) is 16.6. The van der Waals surface area contributed by atoms with E-state index < -0.39 is 6.10 Å². The maximum absolute atomic E-state index is 10.7. The summed E-state index contributed by atoms with van der Waals surface area (Å²) in [6.07, 6.45) is 1.61. The number of hydrogen-bond donors (Lipinski definition) is 2. The van der Waals surface area contributed by atoms with Crippen LogP contribution in [0.3, 0.4) is 0 Å². The maximum Gasteiger partial charge on any atom is 0.115 e. The molecule has 0 saturated carbocycles. The third-order valence-corrected chi connectivity index (χ3v) is 6.70. The van der Waals surface area contributed by atoms with Crippen molar-refractivity contribution in [3.8, 4) is 5.75 Å². The van der Waals surface area contributed by atoms with Crippen molar-refractivity contribution in [1.82, 2.24) is 4.90 Å². The minimum atomic E-state index is -0.445. The van der Waals surface area contributed by atoms with Crippen LogP contribution in [0.15, 0.2) is 48.5 Å². The highest BCUT2D eigenvalue weighted by Crippen LogP contribution is 2.49. The van der Waals surface area contributed by atoms with E-state index in [0.29, 0.717) is 24.3 Å². The molecule has 4 atom stereocenters. The first-order valence-corrected chi connectivity index (χ1v) is 9.28. The van der Waals surface area contributed by atoms with Crippen LogP contribution in [-0.2, 0) is 11.8 Å². The zero-order valence-corrected chi connectivity index (χ0v) is 15.0. The number of likely N-dealkylation sites (tertiary alicyclic amines) is 1. The smallest absolute Gasteiger partial charge is 0.115 e. The van der Waals surface area contributed by atoms with E-state index in [1.807, 2.05) is 36.4 Å². The van der Waals surface area contributed by atoms with Crippen LogP contribution in [-0.4, -0.2) is 34.2 Å². The zero-order valence-electron chi connectivity index (χ0n) is 15.0. The van der Waals surface area contributed by atoms with Crippen molar-refractivity contribution in [2.24, 2.45) is 5.92 Å². The van der Waals surface area contributed by atoms with Gasteiger partial charge in [0, 0.05) is 12.6 Å². The van der Waals surface area contributed by atoms with Gasteiger partial charge >= 0.3 is 0 Å². The van der Waals surface area contributed by atoms with Gasteiger partial charge in [-0.05, 0) is 59.5 Å². The van der Waals surface area contributed by atoms with Gasteiger partial charge in [0.1, 0.15) is 5.75 Å². The lowest BCUT2D eigenvalue weighted by Crippen LogP contribution is -2.58. The molecule has 25 heavy (non-hydrogen) atoms. The number of aromatic hydroxyl groups is 1. The van der Waals surface area contributed by atoms with Crippen LogP contribution in [0.2, 0.25) is 0 Å². The number of phenolic OH excluding ortho intramolecular Hbond substituents is 1. The van der Waals surface area contributed by atoms with Gasteiger partial charge in [-0.3, -0.25) is 4.90 Å². The monoisotopic (exact) mass is 337 g/mol. The second-order valence-electron chi connectivity index (χ2n) is 7.99. The number of fused-ring (bicyclic) bond motifs is 4. The summed E-state index contributed by atoms with van der Waals surface area (Å²) in [5.41, 5.74) is 3.76. The molecule has 3 heteroatoms. The Morgan fingerprint density at radius 1 is 1.20 bits per heavy atom. The number of aliphatic hydroxyl groups excluding tert-OH is 1. The molecule has 132 valence electrons. The fraction of sp³-hybridized carbons (Fsp3) is 0.455. The standard InChI is InChI=1S/C22H27NO2/c1-15-20-12-17-8-9-18(24)13-19(17)22(15,2)10-11-23(20)14-21(25)16-6-4-3-5-7-16/h3-9,13,15,20-21,24-25H,10-12,14H2,1-2H3/t15-,20+,21+,22+/m0/s1. The van der Waals surface area contributed by atoms with Gasteiger partial charge in [0.25, 0.3) is 0 Å². The predicted octanol–water partition coefficient (Wildman–Crippen LogP) is 3.65. The molecule has 1 aliphatic heterocycles. The van der Waals surface area contributed by atoms with Gasteiger partial charge in [0.15, 0.2) is 0 Å². The third-order valence-electron chi connectivity index (χ3n) is 6.70. The summed E-state index contributed by atoms with van der Waals surface area (Å²) in [6.45, 7) is 6.35. The summed E-state index contributed by atoms with van der Waals surface area (Å²) in [5, 5.41) is 20.6. The quantitative estimate of drug-likeness (QED) is 0.898. The van der Waals surface area contributed by atoms with Crippen molar-refractivity contribution < 1.29 is 10.2 Å². The molecule has 2 aromatic rings. The van der Waals surface area contributed by atoms with Gasteiger partial charge in [0.2, 0.25) is 0 Å². The number of piperidine rings is 1. The normalized spacial score (nSPS) is 29.9. The Balaban J connectivity index is 1.60. The van der Waals surface area contributed by atoms with Crippen molar-refractivity contribution in [2.75, 3.05) is 13.1 Å². The summed E-state index contributed by atoms with van der Waals surface area (Å²) in [7, 11) is 0. The number of nitrogens with zero attached hydrogens (tertiary/aromatic N) is 1. The van der Waals surface area contributed by atoms with Crippen LogP contribution in [0.1, 0.15) is 43.1 Å². The average molecular weight is 337 g/mol. The van der Waals surface area contributed by atoms with Crippen molar-refractivity contribution in [3.05, 3.63) is 65.2 Å². The molecule has 0 aromatic heterocycles. The molecule has 3 nitrogen and oxygen atoms in total. The Bertz CT molecular complexity index is 760. The summed E-state index contributed by atoms with van der Waals surface area (Å²) in [4.78, 5) is 2.47. The lowest BCUT2D eigenvalue weighted by Gasteiger charge is -2.55. The molecule has 1 saturated heterocycles. The molecule has 2 N–H and O–H groups in total. The minimum absolute atomic E-state index is 0.102. The Morgan fingerprint density at radius 2 is 1.96 bits per heavy atom. The highest BCUT2D eigenvalue weighted by atomic mass is 16.3. The van der Waals surface area contributed by atoms with Crippen LogP contribution in [0.5, 0.6) is 5.75 Å². The van der Waals surface area contributed by atoms with Crippen LogP contribution in [0.25, 0.3) is 0 Å². The summed E-state index contributed by atoms with van der Waals surface area (Å²) in [6, 6.07) is 16.2. The first-order valence-electron chi connectivity index (χ1n) is 9.28. The highest BCUT2D eigenvalue weighted by molar-refractivity contribution is 5.44. The van der Waals surface area contributed by atoms with E-state index in [-0.39, 0.29) is 5.41 Å². The van der Waals surface area contributed by atoms with Gasteiger partial charge in [-0.15, -0.1) is 0 Å². The van der Waals surface area contributed by atoms with Crippen molar-refractivity contribution in [1.29, 1.82) is 0 Å². The second kappa shape index (κ2) is 6.15. The predicted molar refractivity (Wildman–Crippen MR) is 99.7 cm³/mol. The molecule has 1 heterocycles. The van der Waals surface area contributed by atoms with Crippen LogP contribution in [0.4, 0.5) is 0 Å². The van der Waals surface area contributed by atoms with Crippen LogP contribution in [0, 0.1) is 5.92 Å². The highest BCUT2D eigenvalue weighted by Gasteiger charge is 2.48. The maximum atomic E-state index is 10.7. The molecule has 4 rings (SSSR count). The summed E-state index contributed by atoms with van der Waals surface area (Å²) >= 11 is 0. The number of aliphatic hydroxyl groups is 1. The van der Waals surface area contributed by atoms with Gasteiger partial charge in [0.05, 0.1) is 6.10 Å². The Hall–Kier alpha value is -1.84. The van der Waals surface area contributed by atoms with E-state index in [1.54, 1.807) is 6.07 Å². The van der Waals surface area contributed by atoms with E-state index in [1.165, 1.54) is 11.1 Å². The fourth-order valence-corrected chi connectivity index (χ4v) is 4.92. The first-order chi connectivity index (χ1) is 12.0. The van der Waals surface area contributed by atoms with Gasteiger partial charge in [-0.1, -0.05) is 50.2 Å². The van der Waals surface area contributed by atoms with Crippen LogP contribution < -0.4 is 0 Å². The minimum Gasteiger partial charge on any atom is -0.508 e. The molecular weight excluding hydrogens is 310 g/mol. The lowest BCUT2D eigenvalue weighted by atomic mass is 9.59. The Kier molecular flexibility index (Phi) is 4.09. The molecular formula is C22H27NO2. The molecule has 0 radical (unpaired) electrons. The molecule has 0 amide bonds. The topological polar surface area (TPSA) is 43.7 Å². The van der Waals surface area contributed by atoms with Gasteiger partial charge in [-0.2, -0.15) is 0 Å². The van der Waals surface area contributed by atoms with Gasteiger partial charge in [-0.25, -0.2) is 0 Å². The molecule has 0 unspecified atom stereocenters. The van der Waals surface area contributed by atoms with Crippen molar-refractivity contribution >= 4 is 0 Å². The SMILES string of the molecule is C[C@H]1[C@H]2Cc3ccc(O)cc3[C@]1(C)CCN2C[C@@H](O)c1ccccc1. The number of rotatable bonds is 3.